The predicted molar refractivity (Wildman–Crippen MR) is 85.8 cm³/mol. The molecule has 0 aliphatic heterocycles. The number of hydrogen-bond donors (Lipinski definition) is 2. The quantitative estimate of drug-likeness (QED) is 0.660. The Hall–Kier alpha value is -2.04. The molecule has 0 heterocycles. The summed E-state index contributed by atoms with van der Waals surface area (Å²) in [4.78, 5) is 13.6. The minimum absolute atomic E-state index is 0.137. The number of benzene rings is 1. The van der Waals surface area contributed by atoms with Crippen molar-refractivity contribution in [2.45, 2.75) is 45.7 Å². The first-order chi connectivity index (χ1) is 9.66. The zero-order chi connectivity index (χ0) is 16.2. The van der Waals surface area contributed by atoms with E-state index in [1.807, 2.05) is 39.8 Å². The fourth-order valence-corrected chi connectivity index (χ4v) is 2.40. The van der Waals surface area contributed by atoms with E-state index in [9.17, 15) is 4.79 Å². The van der Waals surface area contributed by atoms with E-state index >= 15 is 0 Å². The SMILES string of the molecule is COC(=O)N(C(C)CC(=N)c1ccc(N)cc1)C(C)(C)C. The molecule has 1 atom stereocenters. The summed E-state index contributed by atoms with van der Waals surface area (Å²) in [6.45, 7) is 7.78. The zero-order valence-corrected chi connectivity index (χ0v) is 13.4. The van der Waals surface area contributed by atoms with Gasteiger partial charge in [0.05, 0.1) is 7.11 Å². The van der Waals surface area contributed by atoms with E-state index < -0.39 is 0 Å². The Morgan fingerprint density at radius 3 is 2.29 bits per heavy atom. The van der Waals surface area contributed by atoms with Gasteiger partial charge in [-0.25, -0.2) is 4.79 Å². The zero-order valence-electron chi connectivity index (χ0n) is 13.4. The summed E-state index contributed by atoms with van der Waals surface area (Å²) in [6, 6.07) is 7.06. The minimum atomic E-state index is -0.375. The van der Waals surface area contributed by atoms with Crippen molar-refractivity contribution in [1.82, 2.24) is 4.90 Å². The number of methoxy groups -OCH3 is 1. The van der Waals surface area contributed by atoms with Crippen LogP contribution in [0.1, 0.15) is 39.7 Å². The number of nitrogens with zero attached hydrogens (tertiary/aromatic N) is 1. The molecule has 0 radical (unpaired) electrons. The van der Waals surface area contributed by atoms with Gasteiger partial charge in [0.1, 0.15) is 0 Å². The second kappa shape index (κ2) is 6.61. The molecule has 116 valence electrons. The number of ether oxygens (including phenoxy) is 1. The van der Waals surface area contributed by atoms with Crippen molar-refractivity contribution in [3.63, 3.8) is 0 Å². The van der Waals surface area contributed by atoms with Crippen molar-refractivity contribution < 1.29 is 9.53 Å². The Labute approximate surface area is 126 Å². The lowest BCUT2D eigenvalue weighted by molar-refractivity contribution is 0.0632. The van der Waals surface area contributed by atoms with Crippen molar-refractivity contribution in [3.8, 4) is 0 Å². The van der Waals surface area contributed by atoms with E-state index in [1.54, 1.807) is 17.0 Å². The summed E-state index contributed by atoms with van der Waals surface area (Å²) in [5.41, 5.74) is 7.24. The normalized spacial score (nSPS) is 12.6. The van der Waals surface area contributed by atoms with Crippen LogP contribution in [0, 0.1) is 5.41 Å². The van der Waals surface area contributed by atoms with Crippen LogP contribution in [0.25, 0.3) is 0 Å². The van der Waals surface area contributed by atoms with Gasteiger partial charge >= 0.3 is 6.09 Å². The number of nitrogen functional groups attached to an aromatic ring is 1. The fourth-order valence-electron chi connectivity index (χ4n) is 2.40. The first-order valence-corrected chi connectivity index (χ1v) is 6.97. The van der Waals surface area contributed by atoms with Gasteiger partial charge in [-0.1, -0.05) is 12.1 Å². The minimum Gasteiger partial charge on any atom is -0.453 e. The van der Waals surface area contributed by atoms with Gasteiger partial charge in [-0.2, -0.15) is 0 Å². The van der Waals surface area contributed by atoms with Crippen LogP contribution in [-0.2, 0) is 4.74 Å². The summed E-state index contributed by atoms with van der Waals surface area (Å²) in [5, 5.41) is 8.21. The van der Waals surface area contributed by atoms with Gasteiger partial charge in [0.15, 0.2) is 0 Å². The third kappa shape index (κ3) is 4.48. The molecule has 0 aliphatic carbocycles. The average molecular weight is 291 g/mol. The number of carbonyl (C=O) groups excluding carboxylic acids is 1. The van der Waals surface area contributed by atoms with Crippen molar-refractivity contribution in [2.24, 2.45) is 0 Å². The predicted octanol–water partition coefficient (Wildman–Crippen LogP) is 3.28. The largest absolute Gasteiger partial charge is 0.453 e. The maximum atomic E-state index is 12.0. The molecule has 1 amide bonds. The molecule has 3 N–H and O–H groups in total. The number of nitrogens with one attached hydrogen (secondary N) is 1. The van der Waals surface area contributed by atoms with Crippen LogP contribution in [-0.4, -0.2) is 35.4 Å². The summed E-state index contributed by atoms with van der Waals surface area (Å²) in [6.07, 6.45) is 0.0797. The lowest BCUT2D eigenvalue weighted by Gasteiger charge is -2.39. The van der Waals surface area contributed by atoms with E-state index in [4.69, 9.17) is 15.9 Å². The van der Waals surface area contributed by atoms with E-state index in [1.165, 1.54) is 7.11 Å². The third-order valence-electron chi connectivity index (χ3n) is 3.29. The molecule has 0 aliphatic rings. The first kappa shape index (κ1) is 17.0. The highest BCUT2D eigenvalue weighted by molar-refractivity contribution is 5.98. The molecule has 0 saturated carbocycles. The smallest absolute Gasteiger partial charge is 0.410 e. The van der Waals surface area contributed by atoms with Crippen LogP contribution >= 0.6 is 0 Å². The Morgan fingerprint density at radius 2 is 1.86 bits per heavy atom. The van der Waals surface area contributed by atoms with Crippen molar-refractivity contribution in [1.29, 1.82) is 5.41 Å². The molecule has 21 heavy (non-hydrogen) atoms. The summed E-state index contributed by atoms with van der Waals surface area (Å²) in [7, 11) is 1.37. The van der Waals surface area contributed by atoms with Crippen LogP contribution in [0.15, 0.2) is 24.3 Å². The molecule has 1 aromatic carbocycles. The Bertz CT molecular complexity index is 503. The van der Waals surface area contributed by atoms with Crippen molar-refractivity contribution in [2.75, 3.05) is 12.8 Å². The monoisotopic (exact) mass is 291 g/mol. The van der Waals surface area contributed by atoms with Crippen LogP contribution in [0.2, 0.25) is 0 Å². The van der Waals surface area contributed by atoms with Crippen LogP contribution in [0.5, 0.6) is 0 Å². The van der Waals surface area contributed by atoms with Gasteiger partial charge in [-0.3, -0.25) is 0 Å². The fraction of sp³-hybridized carbons (Fsp3) is 0.500. The third-order valence-corrected chi connectivity index (χ3v) is 3.29. The van der Waals surface area contributed by atoms with Gasteiger partial charge in [-0.05, 0) is 45.4 Å². The number of rotatable bonds is 4. The number of hydrogen-bond acceptors (Lipinski definition) is 4. The number of nitrogens with two attached hydrogens (primary N) is 1. The molecular formula is C16H25N3O2. The highest BCUT2D eigenvalue weighted by Crippen LogP contribution is 2.21. The first-order valence-electron chi connectivity index (χ1n) is 6.97. The van der Waals surface area contributed by atoms with Gasteiger partial charge < -0.3 is 20.8 Å². The molecule has 0 fully saturated rings. The molecule has 5 heteroatoms. The maximum absolute atomic E-state index is 12.0. The molecule has 0 bridgehead atoms. The standard InChI is InChI=1S/C16H25N3O2/c1-11(19(15(20)21-5)16(2,3)4)10-14(18)12-6-8-13(17)9-7-12/h6-9,11,18H,10,17H2,1-5H3. The topological polar surface area (TPSA) is 79.4 Å². The molecule has 0 aromatic heterocycles. The molecule has 1 aromatic rings. The molecule has 0 spiro atoms. The second-order valence-corrected chi connectivity index (χ2v) is 6.16. The molecule has 1 unspecified atom stereocenters. The highest BCUT2D eigenvalue weighted by Gasteiger charge is 2.32. The molecule has 0 saturated heterocycles. The van der Waals surface area contributed by atoms with Crippen molar-refractivity contribution >= 4 is 17.5 Å². The Balaban J connectivity index is 2.86. The van der Waals surface area contributed by atoms with Crippen LogP contribution in [0.3, 0.4) is 0 Å². The number of anilines is 1. The Kier molecular flexibility index (Phi) is 5.35. The van der Waals surface area contributed by atoms with E-state index in [-0.39, 0.29) is 17.7 Å². The van der Waals surface area contributed by atoms with E-state index in [0.717, 1.165) is 5.56 Å². The Morgan fingerprint density at radius 1 is 1.33 bits per heavy atom. The lowest BCUT2D eigenvalue weighted by atomic mass is 9.98. The molecular weight excluding hydrogens is 266 g/mol. The van der Waals surface area contributed by atoms with Gasteiger partial charge in [-0.15, -0.1) is 0 Å². The number of amides is 1. The summed E-state index contributed by atoms with van der Waals surface area (Å²) >= 11 is 0. The second-order valence-electron chi connectivity index (χ2n) is 6.16. The van der Waals surface area contributed by atoms with Gasteiger partial charge in [0, 0.05) is 29.4 Å². The van der Waals surface area contributed by atoms with Crippen LogP contribution < -0.4 is 5.73 Å². The summed E-state index contributed by atoms with van der Waals surface area (Å²) in [5.74, 6) is 0. The van der Waals surface area contributed by atoms with E-state index in [0.29, 0.717) is 17.8 Å². The molecule has 5 nitrogen and oxygen atoms in total. The maximum Gasteiger partial charge on any atom is 0.410 e. The van der Waals surface area contributed by atoms with Gasteiger partial charge in [0.2, 0.25) is 0 Å². The number of carbonyl (C=O) groups is 1. The van der Waals surface area contributed by atoms with Crippen molar-refractivity contribution in [3.05, 3.63) is 29.8 Å². The average Bonchev–Trinajstić information content (AvgIpc) is 2.37. The molecule has 1 rings (SSSR count). The van der Waals surface area contributed by atoms with E-state index in [2.05, 4.69) is 0 Å². The lowest BCUT2D eigenvalue weighted by Crippen LogP contribution is -2.51. The summed E-state index contributed by atoms with van der Waals surface area (Å²) < 4.78 is 4.86. The van der Waals surface area contributed by atoms with Gasteiger partial charge in [0.25, 0.3) is 0 Å². The van der Waals surface area contributed by atoms with Crippen LogP contribution in [0.4, 0.5) is 10.5 Å². The highest BCUT2D eigenvalue weighted by atomic mass is 16.5.